The van der Waals surface area contributed by atoms with Crippen LogP contribution in [0.5, 0.6) is 0 Å². The molecule has 0 N–H and O–H groups in total. The Hall–Kier alpha value is -2.09. The van der Waals surface area contributed by atoms with Gasteiger partial charge >= 0.3 is 0 Å². The summed E-state index contributed by atoms with van der Waals surface area (Å²) in [5.74, 6) is 0. The van der Waals surface area contributed by atoms with Gasteiger partial charge in [0.25, 0.3) is 0 Å². The third-order valence-electron chi connectivity index (χ3n) is 3.52. The Bertz CT molecular complexity index is 868. The lowest BCUT2D eigenvalue weighted by molar-refractivity contribution is 1.12. The van der Waals surface area contributed by atoms with Crippen LogP contribution in [0.1, 0.15) is 5.56 Å². The second-order valence-electron chi connectivity index (χ2n) is 4.92. The number of nitriles is 1. The zero-order chi connectivity index (χ0) is 16.2. The molecule has 112 valence electrons. The minimum Gasteiger partial charge on any atom is -0.240 e. The second-order valence-corrected chi connectivity index (χ2v) is 6.63. The molecule has 1 heterocycles. The van der Waals surface area contributed by atoms with E-state index in [0.29, 0.717) is 5.56 Å². The van der Waals surface area contributed by atoms with E-state index in [2.05, 4.69) is 27.0 Å². The van der Waals surface area contributed by atoms with Crippen LogP contribution in [-0.4, -0.2) is 11.2 Å². The quantitative estimate of drug-likeness (QED) is 0.541. The van der Waals surface area contributed by atoms with Crippen molar-refractivity contribution < 1.29 is 0 Å². The number of pyridine rings is 1. The van der Waals surface area contributed by atoms with E-state index in [1.807, 2.05) is 66.9 Å². The smallest absolute Gasteiger partial charge is 0.115 e. The number of hydrogen-bond acceptors (Lipinski definition) is 3. The van der Waals surface area contributed by atoms with Crippen molar-refractivity contribution in [3.63, 3.8) is 0 Å². The molecule has 0 aliphatic rings. The van der Waals surface area contributed by atoms with Crippen LogP contribution in [0.2, 0.25) is 0 Å². The highest BCUT2D eigenvalue weighted by molar-refractivity contribution is 9.10. The number of rotatable bonds is 3. The van der Waals surface area contributed by atoms with Crippen molar-refractivity contribution in [3.05, 3.63) is 70.7 Å². The van der Waals surface area contributed by atoms with Gasteiger partial charge in [-0.25, -0.2) is 4.98 Å². The number of hydrogen-bond donors (Lipinski definition) is 0. The van der Waals surface area contributed by atoms with E-state index in [4.69, 9.17) is 0 Å². The van der Waals surface area contributed by atoms with Crippen LogP contribution in [0, 0.1) is 11.3 Å². The first-order valence-electron chi connectivity index (χ1n) is 7.03. The normalized spacial score (nSPS) is 10.3. The maximum Gasteiger partial charge on any atom is 0.115 e. The molecule has 2 nitrogen and oxygen atoms in total. The first-order chi connectivity index (χ1) is 11.2. The standard InChI is InChI=1S/C19H13BrN2S/c1-23-19-17(12-21)16(13-5-3-2-4-6-13)11-18(22-19)14-7-9-15(20)10-8-14/h2-11H,1H3. The molecule has 0 fully saturated rings. The van der Waals surface area contributed by atoms with Gasteiger partial charge in [0.2, 0.25) is 0 Å². The summed E-state index contributed by atoms with van der Waals surface area (Å²) < 4.78 is 1.03. The monoisotopic (exact) mass is 380 g/mol. The summed E-state index contributed by atoms with van der Waals surface area (Å²) in [5, 5.41) is 10.3. The number of nitrogens with zero attached hydrogens (tertiary/aromatic N) is 2. The van der Waals surface area contributed by atoms with Crippen LogP contribution >= 0.6 is 27.7 Å². The average molecular weight is 381 g/mol. The first kappa shape index (κ1) is 15.8. The van der Waals surface area contributed by atoms with Gasteiger partial charge in [-0.3, -0.25) is 0 Å². The molecule has 0 amide bonds. The maximum absolute atomic E-state index is 9.58. The number of aromatic nitrogens is 1. The second kappa shape index (κ2) is 6.99. The fraction of sp³-hybridized carbons (Fsp3) is 0.0526. The molecule has 2 aromatic carbocycles. The van der Waals surface area contributed by atoms with E-state index in [1.54, 1.807) is 0 Å². The summed E-state index contributed by atoms with van der Waals surface area (Å²) in [6, 6.07) is 22.3. The van der Waals surface area contributed by atoms with E-state index >= 15 is 0 Å². The molecule has 0 saturated carbocycles. The lowest BCUT2D eigenvalue weighted by Gasteiger charge is -2.11. The molecular weight excluding hydrogens is 368 g/mol. The molecule has 4 heteroatoms. The van der Waals surface area contributed by atoms with Gasteiger partial charge in [-0.05, 0) is 30.0 Å². The summed E-state index contributed by atoms with van der Waals surface area (Å²) >= 11 is 4.95. The molecule has 0 saturated heterocycles. The molecule has 0 bridgehead atoms. The lowest BCUT2D eigenvalue weighted by Crippen LogP contribution is -1.95. The van der Waals surface area contributed by atoms with Crippen molar-refractivity contribution in [3.8, 4) is 28.5 Å². The fourth-order valence-corrected chi connectivity index (χ4v) is 3.21. The van der Waals surface area contributed by atoms with Crippen molar-refractivity contribution in [2.24, 2.45) is 0 Å². The zero-order valence-electron chi connectivity index (χ0n) is 12.5. The molecule has 23 heavy (non-hydrogen) atoms. The Morgan fingerprint density at radius 1 is 1.00 bits per heavy atom. The van der Waals surface area contributed by atoms with Gasteiger partial charge in [-0.15, -0.1) is 11.8 Å². The summed E-state index contributed by atoms with van der Waals surface area (Å²) in [6.45, 7) is 0. The van der Waals surface area contributed by atoms with Crippen molar-refractivity contribution in [2.75, 3.05) is 6.26 Å². The average Bonchev–Trinajstić information content (AvgIpc) is 2.62. The highest BCUT2D eigenvalue weighted by atomic mass is 79.9. The Labute approximate surface area is 148 Å². The van der Waals surface area contributed by atoms with Crippen molar-refractivity contribution in [1.29, 1.82) is 5.26 Å². The van der Waals surface area contributed by atoms with Gasteiger partial charge in [0.15, 0.2) is 0 Å². The van der Waals surface area contributed by atoms with E-state index in [0.717, 1.165) is 31.9 Å². The summed E-state index contributed by atoms with van der Waals surface area (Å²) in [4.78, 5) is 4.67. The minimum atomic E-state index is 0.629. The first-order valence-corrected chi connectivity index (χ1v) is 9.05. The SMILES string of the molecule is CSc1nc(-c2ccc(Br)cc2)cc(-c2ccccc2)c1C#N. The van der Waals surface area contributed by atoms with Crippen molar-refractivity contribution >= 4 is 27.7 Å². The van der Waals surface area contributed by atoms with Crippen LogP contribution < -0.4 is 0 Å². The molecule has 0 radical (unpaired) electrons. The minimum absolute atomic E-state index is 0.629. The molecule has 0 unspecified atom stereocenters. The summed E-state index contributed by atoms with van der Waals surface area (Å²) in [6.07, 6.45) is 1.95. The molecular formula is C19H13BrN2S. The Morgan fingerprint density at radius 3 is 2.30 bits per heavy atom. The van der Waals surface area contributed by atoms with Crippen LogP contribution in [0.4, 0.5) is 0 Å². The van der Waals surface area contributed by atoms with Gasteiger partial charge in [-0.1, -0.05) is 58.4 Å². The third-order valence-corrected chi connectivity index (χ3v) is 4.73. The maximum atomic E-state index is 9.58. The van der Waals surface area contributed by atoms with Crippen LogP contribution in [-0.2, 0) is 0 Å². The number of thioether (sulfide) groups is 1. The molecule has 0 spiro atoms. The fourth-order valence-electron chi connectivity index (χ4n) is 2.39. The van der Waals surface area contributed by atoms with E-state index in [-0.39, 0.29) is 0 Å². The molecule has 0 atom stereocenters. The topological polar surface area (TPSA) is 36.7 Å². The Kier molecular flexibility index (Phi) is 4.80. The van der Waals surface area contributed by atoms with Crippen molar-refractivity contribution in [1.82, 2.24) is 4.98 Å². The van der Waals surface area contributed by atoms with E-state index in [1.165, 1.54) is 11.8 Å². The van der Waals surface area contributed by atoms with Gasteiger partial charge in [0.1, 0.15) is 11.1 Å². The van der Waals surface area contributed by atoms with Crippen molar-refractivity contribution in [2.45, 2.75) is 5.03 Å². The third kappa shape index (κ3) is 3.31. The van der Waals surface area contributed by atoms with Crippen LogP contribution in [0.25, 0.3) is 22.4 Å². The van der Waals surface area contributed by atoms with Crippen LogP contribution in [0.3, 0.4) is 0 Å². The molecule has 0 aliphatic heterocycles. The zero-order valence-corrected chi connectivity index (χ0v) is 14.9. The van der Waals surface area contributed by atoms with Gasteiger partial charge in [0, 0.05) is 15.6 Å². The highest BCUT2D eigenvalue weighted by Gasteiger charge is 2.14. The van der Waals surface area contributed by atoms with Gasteiger partial charge in [-0.2, -0.15) is 5.26 Å². The molecule has 0 aliphatic carbocycles. The predicted octanol–water partition coefficient (Wildman–Crippen LogP) is 5.77. The lowest BCUT2D eigenvalue weighted by atomic mass is 9.99. The van der Waals surface area contributed by atoms with Crippen LogP contribution in [0.15, 0.2) is 70.2 Å². The van der Waals surface area contributed by atoms with Gasteiger partial charge < -0.3 is 0 Å². The van der Waals surface area contributed by atoms with E-state index in [9.17, 15) is 5.26 Å². The summed E-state index contributed by atoms with van der Waals surface area (Å²) in [5.41, 5.74) is 4.49. The largest absolute Gasteiger partial charge is 0.240 e. The predicted molar refractivity (Wildman–Crippen MR) is 99.3 cm³/mol. The molecule has 3 rings (SSSR count). The van der Waals surface area contributed by atoms with E-state index < -0.39 is 0 Å². The number of halogens is 1. The Morgan fingerprint density at radius 2 is 1.70 bits per heavy atom. The molecule has 1 aromatic heterocycles. The molecule has 3 aromatic rings. The Balaban J connectivity index is 2.24. The summed E-state index contributed by atoms with van der Waals surface area (Å²) in [7, 11) is 0. The highest BCUT2D eigenvalue weighted by Crippen LogP contribution is 2.33. The number of benzene rings is 2. The van der Waals surface area contributed by atoms with Gasteiger partial charge in [0.05, 0.1) is 11.3 Å².